The van der Waals surface area contributed by atoms with Crippen LogP contribution in [0, 0.1) is 11.6 Å². The SMILES string of the molecule is C=CC(=O)OCC(CCOc1ccc(C(=O)Oc2ccc3c(c2)C(C)(C)c2cc(OC(=O)c4ccc(OCCC(COC(=O)C=C)OC(=O)C=C)cc4F)ccc2-3)c(F)c1)OC(=O)C=C. The molecule has 16 heteroatoms. The summed E-state index contributed by atoms with van der Waals surface area (Å²) in [7, 11) is 0. The first kappa shape index (κ1) is 48.2. The maximum atomic E-state index is 15.2. The Kier molecular flexibility index (Phi) is 16.3. The number of halogens is 2. The minimum atomic E-state index is -0.965. The lowest BCUT2D eigenvalue weighted by molar-refractivity contribution is -0.153. The van der Waals surface area contributed by atoms with Gasteiger partial charge in [-0.3, -0.25) is 0 Å². The zero-order chi connectivity index (χ0) is 47.3. The number of hydrogen-bond donors (Lipinski definition) is 0. The Bertz CT molecular complexity index is 2350. The summed E-state index contributed by atoms with van der Waals surface area (Å²) in [6.07, 6.45) is 2.23. The standard InChI is InChI=1S/C49H44F2O14/c1-7-43(52)60-27-33(62-45(54)9-3)19-21-58-29-11-17-37(41(50)25-29)47(56)64-31-13-15-35-36-16-14-32(24-40(36)49(5,6)39(35)23-31)65-48(57)38-18-12-30(26-42(38)51)59-22-20-34(63-46(55)10-4)28-61-44(53)8-2/h7-18,23-26,33-34H,1-4,19-22,27-28H2,5-6H3. The van der Waals surface area contributed by atoms with Crippen molar-refractivity contribution in [3.05, 3.63) is 157 Å². The van der Waals surface area contributed by atoms with E-state index in [0.29, 0.717) is 0 Å². The number of ether oxygens (including phenoxy) is 8. The van der Waals surface area contributed by atoms with Gasteiger partial charge < -0.3 is 37.9 Å². The Labute approximate surface area is 372 Å². The van der Waals surface area contributed by atoms with E-state index in [1.165, 1.54) is 24.3 Å². The van der Waals surface area contributed by atoms with Gasteiger partial charge in [0.25, 0.3) is 0 Å². The van der Waals surface area contributed by atoms with Crippen molar-refractivity contribution in [3.8, 4) is 34.1 Å². The quantitative estimate of drug-likeness (QED) is 0.0322. The molecular formula is C49H44F2O14. The van der Waals surface area contributed by atoms with Crippen LogP contribution in [-0.2, 0) is 43.5 Å². The van der Waals surface area contributed by atoms with E-state index < -0.39 is 65.1 Å². The maximum Gasteiger partial charge on any atom is 0.346 e. The number of fused-ring (bicyclic) bond motifs is 3. The van der Waals surface area contributed by atoms with Crippen molar-refractivity contribution in [2.45, 2.75) is 44.3 Å². The van der Waals surface area contributed by atoms with Crippen molar-refractivity contribution in [2.75, 3.05) is 26.4 Å². The number of rotatable bonds is 22. The van der Waals surface area contributed by atoms with E-state index in [4.69, 9.17) is 37.9 Å². The van der Waals surface area contributed by atoms with Crippen LogP contribution >= 0.6 is 0 Å². The first-order valence-corrected chi connectivity index (χ1v) is 19.9. The molecule has 0 spiro atoms. The second-order valence-corrected chi connectivity index (χ2v) is 14.6. The van der Waals surface area contributed by atoms with Gasteiger partial charge in [0.2, 0.25) is 0 Å². The van der Waals surface area contributed by atoms with Gasteiger partial charge in [-0.15, -0.1) is 0 Å². The molecule has 0 aliphatic heterocycles. The molecule has 0 amide bonds. The highest BCUT2D eigenvalue weighted by atomic mass is 19.1. The van der Waals surface area contributed by atoms with Crippen LogP contribution in [0.15, 0.2) is 123 Å². The molecule has 14 nitrogen and oxygen atoms in total. The Balaban J connectivity index is 1.18. The van der Waals surface area contributed by atoms with Crippen LogP contribution < -0.4 is 18.9 Å². The van der Waals surface area contributed by atoms with E-state index in [9.17, 15) is 28.8 Å². The van der Waals surface area contributed by atoms with Crippen LogP contribution in [0.2, 0.25) is 0 Å². The average molecular weight is 895 g/mol. The molecule has 2 unspecified atom stereocenters. The Morgan fingerprint density at radius 1 is 0.538 bits per heavy atom. The molecule has 0 saturated carbocycles. The monoisotopic (exact) mass is 894 g/mol. The lowest BCUT2D eigenvalue weighted by atomic mass is 9.82. The molecule has 1 aliphatic rings. The van der Waals surface area contributed by atoms with E-state index in [1.54, 1.807) is 36.4 Å². The first-order chi connectivity index (χ1) is 31.1. The average Bonchev–Trinajstić information content (AvgIpc) is 3.50. The smallest absolute Gasteiger partial charge is 0.346 e. The highest BCUT2D eigenvalue weighted by Crippen LogP contribution is 2.50. The molecule has 0 radical (unpaired) electrons. The Hall–Kier alpha value is -7.88. The van der Waals surface area contributed by atoms with E-state index in [-0.39, 0.29) is 73.4 Å². The molecule has 4 aromatic carbocycles. The van der Waals surface area contributed by atoms with Crippen LogP contribution in [0.3, 0.4) is 0 Å². The molecule has 2 atom stereocenters. The third-order valence-corrected chi connectivity index (χ3v) is 9.83. The summed E-state index contributed by atoms with van der Waals surface area (Å²) < 4.78 is 73.0. The first-order valence-electron chi connectivity index (χ1n) is 19.9. The van der Waals surface area contributed by atoms with Crippen molar-refractivity contribution in [2.24, 2.45) is 0 Å². The summed E-state index contributed by atoms with van der Waals surface area (Å²) in [6, 6.07) is 17.1. The normalized spacial score (nSPS) is 12.7. The number of esters is 6. The van der Waals surface area contributed by atoms with E-state index in [2.05, 4.69) is 26.3 Å². The number of carbonyl (C=O) groups excluding carboxylic acids is 6. The largest absolute Gasteiger partial charge is 0.493 e. The summed E-state index contributed by atoms with van der Waals surface area (Å²) in [5.41, 5.74) is 1.76. The number of hydrogen-bond acceptors (Lipinski definition) is 14. The highest BCUT2D eigenvalue weighted by molar-refractivity contribution is 5.93. The van der Waals surface area contributed by atoms with Gasteiger partial charge in [0.1, 0.15) is 60.1 Å². The second-order valence-electron chi connectivity index (χ2n) is 14.6. The van der Waals surface area contributed by atoms with Crippen molar-refractivity contribution in [1.82, 2.24) is 0 Å². The second kappa shape index (κ2) is 22.0. The van der Waals surface area contributed by atoms with Gasteiger partial charge in [-0.05, 0) is 70.8 Å². The van der Waals surface area contributed by atoms with E-state index in [0.717, 1.165) is 58.7 Å². The van der Waals surface area contributed by atoms with Crippen molar-refractivity contribution >= 4 is 35.8 Å². The zero-order valence-corrected chi connectivity index (χ0v) is 35.4. The molecule has 0 fully saturated rings. The zero-order valence-electron chi connectivity index (χ0n) is 35.4. The van der Waals surface area contributed by atoms with Crippen LogP contribution in [0.4, 0.5) is 8.78 Å². The van der Waals surface area contributed by atoms with Crippen LogP contribution in [0.5, 0.6) is 23.0 Å². The van der Waals surface area contributed by atoms with Crippen LogP contribution in [0.1, 0.15) is 58.5 Å². The predicted molar refractivity (Wildman–Crippen MR) is 229 cm³/mol. The molecule has 0 bridgehead atoms. The molecule has 0 N–H and O–H groups in total. The van der Waals surface area contributed by atoms with Gasteiger partial charge in [-0.1, -0.05) is 52.3 Å². The van der Waals surface area contributed by atoms with Gasteiger partial charge in [0.15, 0.2) is 0 Å². The van der Waals surface area contributed by atoms with Crippen molar-refractivity contribution in [1.29, 1.82) is 0 Å². The molecule has 0 heterocycles. The molecule has 65 heavy (non-hydrogen) atoms. The lowest BCUT2D eigenvalue weighted by Crippen LogP contribution is -2.26. The highest BCUT2D eigenvalue weighted by Gasteiger charge is 2.36. The molecule has 0 saturated heterocycles. The summed E-state index contributed by atoms with van der Waals surface area (Å²) in [5.74, 6) is -6.21. The minimum absolute atomic E-state index is 0.0624. The van der Waals surface area contributed by atoms with E-state index in [1.807, 2.05) is 13.8 Å². The fourth-order valence-electron chi connectivity index (χ4n) is 6.51. The topological polar surface area (TPSA) is 176 Å². The minimum Gasteiger partial charge on any atom is -0.493 e. The van der Waals surface area contributed by atoms with Crippen molar-refractivity contribution < 1.29 is 75.4 Å². The maximum absolute atomic E-state index is 15.2. The lowest BCUT2D eigenvalue weighted by Gasteiger charge is -2.22. The molecule has 5 rings (SSSR count). The molecule has 0 aromatic heterocycles. The molecule has 1 aliphatic carbocycles. The Morgan fingerprint density at radius 3 is 1.26 bits per heavy atom. The predicted octanol–water partition coefficient (Wildman–Crippen LogP) is 7.90. The van der Waals surface area contributed by atoms with Crippen LogP contribution in [-0.4, -0.2) is 74.5 Å². The van der Waals surface area contributed by atoms with Gasteiger partial charge in [-0.2, -0.15) is 0 Å². The third-order valence-electron chi connectivity index (χ3n) is 9.83. The Morgan fingerprint density at radius 2 is 0.908 bits per heavy atom. The van der Waals surface area contributed by atoms with Crippen LogP contribution in [0.25, 0.3) is 11.1 Å². The summed E-state index contributed by atoms with van der Waals surface area (Å²) in [6.45, 7) is 16.5. The third kappa shape index (κ3) is 12.6. The van der Waals surface area contributed by atoms with Gasteiger partial charge in [-0.25, -0.2) is 37.5 Å². The fourth-order valence-corrected chi connectivity index (χ4v) is 6.51. The summed E-state index contributed by atoms with van der Waals surface area (Å²) >= 11 is 0. The van der Waals surface area contributed by atoms with Gasteiger partial charge in [0.05, 0.1) is 24.3 Å². The molecule has 338 valence electrons. The fraction of sp³-hybridized carbons (Fsp3) is 0.224. The summed E-state index contributed by atoms with van der Waals surface area (Å²) in [4.78, 5) is 72.6. The van der Waals surface area contributed by atoms with Gasteiger partial charge in [0, 0.05) is 54.7 Å². The molecule has 4 aromatic rings. The number of benzene rings is 4. The molecular weight excluding hydrogens is 851 g/mol. The number of carbonyl (C=O) groups is 6. The van der Waals surface area contributed by atoms with Crippen molar-refractivity contribution in [3.63, 3.8) is 0 Å². The van der Waals surface area contributed by atoms with E-state index >= 15 is 8.78 Å². The van der Waals surface area contributed by atoms with Gasteiger partial charge >= 0.3 is 35.8 Å². The summed E-state index contributed by atoms with van der Waals surface area (Å²) in [5, 5.41) is 0.